The smallest absolute Gasteiger partial charge is 0.0250 e. The van der Waals surface area contributed by atoms with E-state index in [1.54, 1.807) is 0 Å². The van der Waals surface area contributed by atoms with E-state index in [4.69, 9.17) is 0 Å². The molecule has 1 aliphatic carbocycles. The number of nitrogens with one attached hydrogen (secondary N) is 1. The molecule has 0 aromatic rings. The lowest BCUT2D eigenvalue weighted by molar-refractivity contribution is 0.267. The first-order valence-corrected chi connectivity index (χ1v) is 6.80. The van der Waals surface area contributed by atoms with Crippen LogP contribution < -0.4 is 5.32 Å². The van der Waals surface area contributed by atoms with Crippen LogP contribution in [0.3, 0.4) is 0 Å². The van der Waals surface area contributed by atoms with Gasteiger partial charge in [-0.2, -0.15) is 0 Å². The summed E-state index contributed by atoms with van der Waals surface area (Å²) in [6, 6.07) is 1.32. The molecule has 0 heterocycles. The van der Waals surface area contributed by atoms with E-state index in [1.165, 1.54) is 45.2 Å². The van der Waals surface area contributed by atoms with Crippen LogP contribution in [0.25, 0.3) is 0 Å². The highest BCUT2D eigenvalue weighted by atomic mass is 15.1. The minimum absolute atomic E-state index is 0.650. The Labute approximate surface area is 101 Å². The highest BCUT2D eigenvalue weighted by Gasteiger charge is 2.06. The summed E-state index contributed by atoms with van der Waals surface area (Å²) in [6.07, 6.45) is 11.2. The first kappa shape index (κ1) is 13.7. The maximum atomic E-state index is 3.62. The van der Waals surface area contributed by atoms with Gasteiger partial charge in [-0.3, -0.25) is 0 Å². The molecule has 0 fully saturated rings. The Morgan fingerprint density at radius 2 is 2.19 bits per heavy atom. The van der Waals surface area contributed by atoms with Crippen LogP contribution in [0.1, 0.15) is 46.0 Å². The molecule has 1 unspecified atom stereocenters. The van der Waals surface area contributed by atoms with Gasteiger partial charge in [0, 0.05) is 12.1 Å². The fourth-order valence-corrected chi connectivity index (χ4v) is 2.01. The number of unbranched alkanes of at least 4 members (excludes halogenated alkanes) is 1. The largest absolute Gasteiger partial charge is 0.311 e. The molecule has 16 heavy (non-hydrogen) atoms. The van der Waals surface area contributed by atoms with E-state index in [0.29, 0.717) is 12.1 Å². The van der Waals surface area contributed by atoms with Gasteiger partial charge in [-0.05, 0) is 66.1 Å². The number of allylic oxidation sites excluding steroid dienone is 1. The van der Waals surface area contributed by atoms with Gasteiger partial charge in [0.25, 0.3) is 0 Å². The zero-order valence-electron chi connectivity index (χ0n) is 11.2. The minimum Gasteiger partial charge on any atom is -0.311 e. The second kappa shape index (κ2) is 7.86. The summed E-state index contributed by atoms with van der Waals surface area (Å²) in [5, 5.41) is 3.62. The molecule has 0 aliphatic heterocycles. The third-order valence-electron chi connectivity index (χ3n) is 3.48. The topological polar surface area (TPSA) is 15.3 Å². The van der Waals surface area contributed by atoms with Crippen molar-refractivity contribution in [1.82, 2.24) is 10.2 Å². The van der Waals surface area contributed by atoms with Crippen molar-refractivity contribution in [2.24, 2.45) is 0 Å². The number of hydrogen-bond donors (Lipinski definition) is 1. The molecule has 0 aromatic heterocycles. The quantitative estimate of drug-likeness (QED) is 0.528. The van der Waals surface area contributed by atoms with E-state index >= 15 is 0 Å². The fraction of sp³-hybridized carbons (Fsp3) is 0.857. The highest BCUT2D eigenvalue weighted by molar-refractivity contribution is 4.97. The van der Waals surface area contributed by atoms with Crippen LogP contribution in [0.15, 0.2) is 12.2 Å². The van der Waals surface area contributed by atoms with Gasteiger partial charge in [0.15, 0.2) is 0 Å². The molecule has 1 N–H and O–H groups in total. The second-order valence-electron chi connectivity index (χ2n) is 5.20. The van der Waals surface area contributed by atoms with Gasteiger partial charge in [-0.1, -0.05) is 12.2 Å². The van der Waals surface area contributed by atoms with Crippen molar-refractivity contribution in [3.8, 4) is 0 Å². The van der Waals surface area contributed by atoms with Gasteiger partial charge in [0.2, 0.25) is 0 Å². The van der Waals surface area contributed by atoms with Gasteiger partial charge in [0.05, 0.1) is 0 Å². The standard InChI is InChI=1S/C14H28N2/c1-13(2)16(3)12-8-7-11-15-14-9-5-4-6-10-14/h5,9,13-15H,4,6-8,10-12H2,1-3H3. The minimum atomic E-state index is 0.650. The first-order valence-electron chi connectivity index (χ1n) is 6.80. The number of nitrogens with zero attached hydrogens (tertiary/aromatic N) is 1. The van der Waals surface area contributed by atoms with Crippen LogP contribution in [0.2, 0.25) is 0 Å². The zero-order valence-corrected chi connectivity index (χ0v) is 11.2. The van der Waals surface area contributed by atoms with Crippen molar-refractivity contribution in [1.29, 1.82) is 0 Å². The number of hydrogen-bond acceptors (Lipinski definition) is 2. The molecule has 0 spiro atoms. The van der Waals surface area contributed by atoms with Crippen molar-refractivity contribution >= 4 is 0 Å². The van der Waals surface area contributed by atoms with Crippen LogP contribution in [-0.4, -0.2) is 37.1 Å². The summed E-state index contributed by atoms with van der Waals surface area (Å²) in [7, 11) is 2.21. The van der Waals surface area contributed by atoms with Gasteiger partial charge in [0.1, 0.15) is 0 Å². The molecule has 2 nitrogen and oxygen atoms in total. The zero-order chi connectivity index (χ0) is 11.8. The monoisotopic (exact) mass is 224 g/mol. The fourth-order valence-electron chi connectivity index (χ4n) is 2.01. The van der Waals surface area contributed by atoms with Crippen molar-refractivity contribution in [2.45, 2.75) is 58.0 Å². The van der Waals surface area contributed by atoms with Crippen molar-refractivity contribution in [2.75, 3.05) is 20.1 Å². The predicted molar refractivity (Wildman–Crippen MR) is 71.8 cm³/mol. The van der Waals surface area contributed by atoms with Crippen molar-refractivity contribution < 1.29 is 0 Å². The Balaban J connectivity index is 1.95. The molecule has 0 saturated carbocycles. The normalized spacial score (nSPS) is 20.9. The molecule has 0 radical (unpaired) electrons. The van der Waals surface area contributed by atoms with Crippen molar-refractivity contribution in [3.63, 3.8) is 0 Å². The van der Waals surface area contributed by atoms with Crippen LogP contribution in [0, 0.1) is 0 Å². The molecule has 0 amide bonds. The molecule has 0 saturated heterocycles. The molecular formula is C14H28N2. The number of rotatable bonds is 7. The summed E-state index contributed by atoms with van der Waals surface area (Å²) in [4.78, 5) is 2.42. The average molecular weight is 224 g/mol. The third kappa shape index (κ3) is 5.66. The van der Waals surface area contributed by atoms with Gasteiger partial charge in [-0.15, -0.1) is 0 Å². The predicted octanol–water partition coefficient (Wildman–Crippen LogP) is 2.81. The molecular weight excluding hydrogens is 196 g/mol. The van der Waals surface area contributed by atoms with E-state index < -0.39 is 0 Å². The van der Waals surface area contributed by atoms with E-state index in [1.807, 2.05) is 0 Å². The Bertz CT molecular complexity index is 199. The van der Waals surface area contributed by atoms with Crippen LogP contribution in [0.4, 0.5) is 0 Å². The van der Waals surface area contributed by atoms with Crippen LogP contribution in [0.5, 0.6) is 0 Å². The molecule has 1 atom stereocenters. The molecule has 0 bridgehead atoms. The molecule has 94 valence electrons. The van der Waals surface area contributed by atoms with Gasteiger partial charge < -0.3 is 10.2 Å². The van der Waals surface area contributed by atoms with E-state index in [2.05, 4.69) is 43.3 Å². The summed E-state index contributed by atoms with van der Waals surface area (Å²) in [6.45, 7) is 6.90. The maximum Gasteiger partial charge on any atom is 0.0250 e. The lowest BCUT2D eigenvalue weighted by Crippen LogP contribution is -2.31. The highest BCUT2D eigenvalue weighted by Crippen LogP contribution is 2.09. The average Bonchev–Trinajstić information content (AvgIpc) is 2.29. The Hall–Kier alpha value is -0.340. The Morgan fingerprint density at radius 1 is 1.38 bits per heavy atom. The second-order valence-corrected chi connectivity index (χ2v) is 5.20. The van der Waals surface area contributed by atoms with Gasteiger partial charge >= 0.3 is 0 Å². The summed E-state index contributed by atoms with van der Waals surface area (Å²) >= 11 is 0. The Kier molecular flexibility index (Phi) is 6.74. The SMILES string of the molecule is CC(C)N(C)CCCCNC1C=CCCC1. The summed E-state index contributed by atoms with van der Waals surface area (Å²) < 4.78 is 0. The summed E-state index contributed by atoms with van der Waals surface area (Å²) in [5.41, 5.74) is 0. The lowest BCUT2D eigenvalue weighted by atomic mass is 10.0. The molecule has 1 aliphatic rings. The molecule has 2 heteroatoms. The van der Waals surface area contributed by atoms with Gasteiger partial charge in [-0.25, -0.2) is 0 Å². The first-order chi connectivity index (χ1) is 7.70. The van der Waals surface area contributed by atoms with Crippen LogP contribution in [-0.2, 0) is 0 Å². The van der Waals surface area contributed by atoms with E-state index in [9.17, 15) is 0 Å². The lowest BCUT2D eigenvalue weighted by Gasteiger charge is -2.21. The van der Waals surface area contributed by atoms with E-state index in [0.717, 1.165) is 0 Å². The third-order valence-corrected chi connectivity index (χ3v) is 3.48. The van der Waals surface area contributed by atoms with Crippen molar-refractivity contribution in [3.05, 3.63) is 12.2 Å². The van der Waals surface area contributed by atoms with E-state index in [-0.39, 0.29) is 0 Å². The maximum absolute atomic E-state index is 3.62. The molecule has 1 rings (SSSR count). The summed E-state index contributed by atoms with van der Waals surface area (Å²) in [5.74, 6) is 0. The van der Waals surface area contributed by atoms with Crippen LogP contribution >= 0.6 is 0 Å². The molecule has 0 aromatic carbocycles. The Morgan fingerprint density at radius 3 is 2.81 bits per heavy atom.